The van der Waals surface area contributed by atoms with E-state index in [-0.39, 0.29) is 18.4 Å². The van der Waals surface area contributed by atoms with Crippen molar-refractivity contribution in [2.45, 2.75) is 32.2 Å². The first-order chi connectivity index (χ1) is 12.3. The zero-order chi connectivity index (χ0) is 19.2. The van der Waals surface area contributed by atoms with E-state index in [0.29, 0.717) is 5.69 Å². The van der Waals surface area contributed by atoms with Crippen LogP contribution in [0.1, 0.15) is 24.5 Å². The molecule has 2 aromatic rings. The molecule has 26 heavy (non-hydrogen) atoms. The standard InChI is InChI=1S/C20H26N2O3S/c1-16(9-10-17-7-5-4-6-8-17)21-20(23)15-18-11-13-19(14-12-18)22(2)26(3,24)25/h4-8,11-14,16H,9-10,15H2,1-3H3,(H,21,23)/t16-/m1/s1. The van der Waals surface area contributed by atoms with Gasteiger partial charge in [-0.2, -0.15) is 0 Å². The number of rotatable bonds is 8. The summed E-state index contributed by atoms with van der Waals surface area (Å²) in [5.74, 6) is -0.0326. The van der Waals surface area contributed by atoms with Crippen LogP contribution in [0.15, 0.2) is 54.6 Å². The van der Waals surface area contributed by atoms with Crippen LogP contribution in [-0.2, 0) is 27.7 Å². The number of hydrogen-bond donors (Lipinski definition) is 1. The Kier molecular flexibility index (Phi) is 6.80. The lowest BCUT2D eigenvalue weighted by atomic mass is 10.1. The Labute approximate surface area is 156 Å². The number of hydrogen-bond acceptors (Lipinski definition) is 3. The van der Waals surface area contributed by atoms with Crippen molar-refractivity contribution in [1.29, 1.82) is 0 Å². The van der Waals surface area contributed by atoms with Gasteiger partial charge in [-0.1, -0.05) is 42.5 Å². The molecule has 1 atom stereocenters. The molecule has 1 N–H and O–H groups in total. The van der Waals surface area contributed by atoms with Crippen LogP contribution in [0.25, 0.3) is 0 Å². The van der Waals surface area contributed by atoms with E-state index in [1.54, 1.807) is 24.3 Å². The number of aryl methyl sites for hydroxylation is 1. The highest BCUT2D eigenvalue weighted by Crippen LogP contribution is 2.16. The Hall–Kier alpha value is -2.34. The lowest BCUT2D eigenvalue weighted by Crippen LogP contribution is -2.34. The Balaban J connectivity index is 1.83. The predicted octanol–water partition coefficient (Wildman–Crippen LogP) is 2.76. The molecule has 0 radical (unpaired) electrons. The SMILES string of the molecule is C[C@H](CCc1ccccc1)NC(=O)Cc1ccc(N(C)S(C)(=O)=O)cc1. The van der Waals surface area contributed by atoms with E-state index < -0.39 is 10.0 Å². The van der Waals surface area contributed by atoms with Crippen LogP contribution in [0.5, 0.6) is 0 Å². The highest BCUT2D eigenvalue weighted by atomic mass is 32.2. The lowest BCUT2D eigenvalue weighted by Gasteiger charge is -2.17. The topological polar surface area (TPSA) is 66.5 Å². The third-order valence-corrected chi connectivity index (χ3v) is 5.48. The minimum Gasteiger partial charge on any atom is -0.353 e. The summed E-state index contributed by atoms with van der Waals surface area (Å²) in [5, 5.41) is 3.02. The normalized spacial score (nSPS) is 12.4. The zero-order valence-corrected chi connectivity index (χ0v) is 16.3. The van der Waals surface area contributed by atoms with E-state index in [0.717, 1.165) is 24.7 Å². The number of sulfonamides is 1. The number of amides is 1. The van der Waals surface area contributed by atoms with Gasteiger partial charge in [0.2, 0.25) is 15.9 Å². The number of benzene rings is 2. The van der Waals surface area contributed by atoms with E-state index in [1.807, 2.05) is 25.1 Å². The van der Waals surface area contributed by atoms with Gasteiger partial charge in [-0.25, -0.2) is 8.42 Å². The number of carbonyl (C=O) groups is 1. The summed E-state index contributed by atoms with van der Waals surface area (Å²) in [6.45, 7) is 2.00. The Morgan fingerprint density at radius 1 is 1.04 bits per heavy atom. The molecule has 0 aliphatic heterocycles. The summed E-state index contributed by atoms with van der Waals surface area (Å²) in [4.78, 5) is 12.2. The maximum absolute atomic E-state index is 12.2. The van der Waals surface area contributed by atoms with Crippen LogP contribution in [0, 0.1) is 0 Å². The van der Waals surface area contributed by atoms with Crippen LogP contribution in [-0.4, -0.2) is 33.7 Å². The van der Waals surface area contributed by atoms with E-state index in [2.05, 4.69) is 17.4 Å². The van der Waals surface area contributed by atoms with E-state index in [9.17, 15) is 13.2 Å². The van der Waals surface area contributed by atoms with Crippen LogP contribution < -0.4 is 9.62 Å². The molecule has 6 heteroatoms. The molecule has 5 nitrogen and oxygen atoms in total. The van der Waals surface area contributed by atoms with Crippen molar-refractivity contribution in [2.75, 3.05) is 17.6 Å². The minimum absolute atomic E-state index is 0.0326. The molecule has 0 bridgehead atoms. The summed E-state index contributed by atoms with van der Waals surface area (Å²) >= 11 is 0. The molecular formula is C20H26N2O3S. The van der Waals surface area contributed by atoms with E-state index in [1.165, 1.54) is 16.9 Å². The fraction of sp³-hybridized carbons (Fsp3) is 0.350. The average Bonchev–Trinajstić information content (AvgIpc) is 2.60. The molecule has 2 rings (SSSR count). The van der Waals surface area contributed by atoms with E-state index >= 15 is 0 Å². The second-order valence-corrected chi connectivity index (χ2v) is 8.58. The highest BCUT2D eigenvalue weighted by Gasteiger charge is 2.12. The summed E-state index contributed by atoms with van der Waals surface area (Å²) in [6, 6.07) is 17.3. The van der Waals surface area contributed by atoms with Gasteiger partial charge in [-0.05, 0) is 43.0 Å². The van der Waals surface area contributed by atoms with Crippen molar-refractivity contribution in [3.8, 4) is 0 Å². The molecule has 1 amide bonds. The Morgan fingerprint density at radius 2 is 1.65 bits per heavy atom. The molecule has 0 aliphatic carbocycles. The van der Waals surface area contributed by atoms with Gasteiger partial charge in [0.05, 0.1) is 18.4 Å². The largest absolute Gasteiger partial charge is 0.353 e. The van der Waals surface area contributed by atoms with Crippen molar-refractivity contribution < 1.29 is 13.2 Å². The molecule has 140 valence electrons. The van der Waals surface area contributed by atoms with Crippen LogP contribution >= 0.6 is 0 Å². The zero-order valence-electron chi connectivity index (χ0n) is 15.5. The number of nitrogens with one attached hydrogen (secondary N) is 1. The summed E-state index contributed by atoms with van der Waals surface area (Å²) < 4.78 is 24.3. The monoisotopic (exact) mass is 374 g/mol. The quantitative estimate of drug-likeness (QED) is 0.773. The van der Waals surface area contributed by atoms with Crippen LogP contribution in [0.3, 0.4) is 0 Å². The first-order valence-electron chi connectivity index (χ1n) is 8.62. The fourth-order valence-corrected chi connectivity index (χ4v) is 3.13. The number of nitrogens with zero attached hydrogens (tertiary/aromatic N) is 1. The molecule has 0 fully saturated rings. The first-order valence-corrected chi connectivity index (χ1v) is 10.5. The molecule has 0 aromatic heterocycles. The van der Waals surface area contributed by atoms with Crippen LogP contribution in [0.2, 0.25) is 0 Å². The average molecular weight is 375 g/mol. The highest BCUT2D eigenvalue weighted by molar-refractivity contribution is 7.92. The second-order valence-electron chi connectivity index (χ2n) is 6.57. The summed E-state index contributed by atoms with van der Waals surface area (Å²) in [5.41, 5.74) is 2.69. The van der Waals surface area contributed by atoms with Gasteiger partial charge < -0.3 is 5.32 Å². The second kappa shape index (κ2) is 8.85. The number of carbonyl (C=O) groups excluding carboxylic acids is 1. The lowest BCUT2D eigenvalue weighted by molar-refractivity contribution is -0.121. The smallest absolute Gasteiger partial charge is 0.231 e. The van der Waals surface area contributed by atoms with E-state index in [4.69, 9.17) is 0 Å². The van der Waals surface area contributed by atoms with Crippen molar-refractivity contribution in [3.05, 3.63) is 65.7 Å². The summed E-state index contributed by atoms with van der Waals surface area (Å²) in [6.07, 6.45) is 3.24. The minimum atomic E-state index is -3.28. The fourth-order valence-electron chi connectivity index (χ4n) is 2.63. The van der Waals surface area contributed by atoms with Crippen LogP contribution in [0.4, 0.5) is 5.69 Å². The third kappa shape index (κ3) is 6.19. The predicted molar refractivity (Wildman–Crippen MR) is 106 cm³/mol. The molecule has 0 heterocycles. The maximum Gasteiger partial charge on any atom is 0.231 e. The van der Waals surface area contributed by atoms with Gasteiger partial charge in [0.25, 0.3) is 0 Å². The van der Waals surface area contributed by atoms with Crippen molar-refractivity contribution in [3.63, 3.8) is 0 Å². The van der Waals surface area contributed by atoms with Gasteiger partial charge in [-0.3, -0.25) is 9.10 Å². The van der Waals surface area contributed by atoms with Gasteiger partial charge >= 0.3 is 0 Å². The van der Waals surface area contributed by atoms with Crippen molar-refractivity contribution >= 4 is 21.6 Å². The molecule has 0 aliphatic rings. The van der Waals surface area contributed by atoms with Gasteiger partial charge in [0, 0.05) is 13.1 Å². The third-order valence-electron chi connectivity index (χ3n) is 4.28. The number of anilines is 1. The maximum atomic E-state index is 12.2. The van der Waals surface area contributed by atoms with Gasteiger partial charge in [0.15, 0.2) is 0 Å². The first kappa shape index (κ1) is 20.0. The molecule has 0 unspecified atom stereocenters. The molecular weight excluding hydrogens is 348 g/mol. The summed E-state index contributed by atoms with van der Waals surface area (Å²) in [7, 11) is -1.78. The molecule has 0 saturated carbocycles. The van der Waals surface area contributed by atoms with Gasteiger partial charge in [-0.15, -0.1) is 0 Å². The molecule has 2 aromatic carbocycles. The Morgan fingerprint density at radius 3 is 2.23 bits per heavy atom. The van der Waals surface area contributed by atoms with Crippen molar-refractivity contribution in [1.82, 2.24) is 5.32 Å². The van der Waals surface area contributed by atoms with Crippen molar-refractivity contribution in [2.24, 2.45) is 0 Å². The molecule has 0 spiro atoms. The molecule has 0 saturated heterocycles. The van der Waals surface area contributed by atoms with Gasteiger partial charge in [0.1, 0.15) is 0 Å². The Bertz CT molecular complexity index is 818.